The molecule has 0 heterocycles. The van der Waals surface area contributed by atoms with Gasteiger partial charge in [-0.15, -0.1) is 0 Å². The van der Waals surface area contributed by atoms with E-state index in [-0.39, 0.29) is 11.6 Å². The van der Waals surface area contributed by atoms with Crippen LogP contribution in [0.2, 0.25) is 0 Å². The maximum Gasteiger partial charge on any atom is 0.307 e. The maximum atomic E-state index is 10.9. The van der Waals surface area contributed by atoms with Crippen LogP contribution in [0.15, 0.2) is 18.2 Å². The molecule has 5 nitrogen and oxygen atoms in total. The number of rotatable bonds is 3. The van der Waals surface area contributed by atoms with Crippen molar-refractivity contribution in [1.82, 2.24) is 0 Å². The van der Waals surface area contributed by atoms with E-state index in [1.165, 1.54) is 0 Å². The highest BCUT2D eigenvalue weighted by Crippen LogP contribution is 2.50. The number of hydrogen-bond acceptors (Lipinski definition) is 3. The fourth-order valence-electron chi connectivity index (χ4n) is 2.04. The van der Waals surface area contributed by atoms with Crippen LogP contribution in [0.5, 0.6) is 0 Å². The molecule has 2 rings (SSSR count). The van der Waals surface area contributed by atoms with Crippen molar-refractivity contribution in [2.75, 3.05) is 0 Å². The third-order valence-corrected chi connectivity index (χ3v) is 2.96. The van der Waals surface area contributed by atoms with Crippen molar-refractivity contribution in [3.63, 3.8) is 0 Å². The first-order chi connectivity index (χ1) is 7.52. The van der Waals surface area contributed by atoms with E-state index in [4.69, 9.17) is 5.11 Å². The molecule has 1 fully saturated rings. The van der Waals surface area contributed by atoms with Gasteiger partial charge in [-0.2, -0.15) is 0 Å². The van der Waals surface area contributed by atoms with Crippen LogP contribution in [-0.2, 0) is 4.79 Å². The van der Waals surface area contributed by atoms with Crippen molar-refractivity contribution in [2.45, 2.75) is 19.3 Å². The highest BCUT2D eigenvalue weighted by molar-refractivity contribution is 5.76. The normalized spacial score (nSPS) is 22.8. The zero-order valence-corrected chi connectivity index (χ0v) is 8.71. The molecule has 5 heteroatoms. The highest BCUT2D eigenvalue weighted by atomic mass is 16.6. The Balaban J connectivity index is 2.39. The second-order valence-corrected chi connectivity index (χ2v) is 4.06. The minimum atomic E-state index is -0.874. The first kappa shape index (κ1) is 10.6. The van der Waals surface area contributed by atoms with E-state index in [1.54, 1.807) is 25.1 Å². The second-order valence-electron chi connectivity index (χ2n) is 4.06. The Hall–Kier alpha value is -1.91. The molecule has 0 spiro atoms. The molecule has 0 unspecified atom stereocenters. The highest BCUT2D eigenvalue weighted by Gasteiger charge is 2.47. The average molecular weight is 221 g/mol. The van der Waals surface area contributed by atoms with Gasteiger partial charge in [-0.25, -0.2) is 0 Å². The molecule has 1 aromatic rings. The van der Waals surface area contributed by atoms with Crippen molar-refractivity contribution in [3.05, 3.63) is 39.4 Å². The Labute approximate surface area is 91.9 Å². The molecule has 1 aliphatic carbocycles. The molecule has 1 aliphatic rings. The smallest absolute Gasteiger partial charge is 0.307 e. The lowest BCUT2D eigenvalue weighted by Gasteiger charge is -2.03. The zero-order chi connectivity index (χ0) is 11.9. The van der Waals surface area contributed by atoms with Crippen LogP contribution in [0.4, 0.5) is 5.69 Å². The van der Waals surface area contributed by atoms with E-state index < -0.39 is 16.8 Å². The number of carboxylic acids is 1. The molecule has 0 bridgehead atoms. The van der Waals surface area contributed by atoms with Gasteiger partial charge in [-0.1, -0.05) is 18.2 Å². The van der Waals surface area contributed by atoms with Crippen LogP contribution >= 0.6 is 0 Å². The molecule has 0 radical (unpaired) electrons. The summed E-state index contributed by atoms with van der Waals surface area (Å²) in [6, 6.07) is 5.05. The van der Waals surface area contributed by atoms with Crippen LogP contribution in [0.1, 0.15) is 23.5 Å². The van der Waals surface area contributed by atoms with E-state index in [0.717, 1.165) is 0 Å². The van der Waals surface area contributed by atoms with Gasteiger partial charge in [0.15, 0.2) is 0 Å². The van der Waals surface area contributed by atoms with Crippen LogP contribution in [0.3, 0.4) is 0 Å². The van der Waals surface area contributed by atoms with Gasteiger partial charge in [0.25, 0.3) is 5.69 Å². The maximum absolute atomic E-state index is 10.9. The van der Waals surface area contributed by atoms with Gasteiger partial charge in [0.2, 0.25) is 0 Å². The van der Waals surface area contributed by atoms with Crippen LogP contribution in [0.25, 0.3) is 0 Å². The third-order valence-electron chi connectivity index (χ3n) is 2.96. The minimum absolute atomic E-state index is 0.0660. The Morgan fingerprint density at radius 2 is 2.25 bits per heavy atom. The number of carboxylic acid groups (broad SMARTS) is 1. The molecular weight excluding hydrogens is 210 g/mol. The summed E-state index contributed by atoms with van der Waals surface area (Å²) in [5, 5.41) is 19.7. The number of carbonyl (C=O) groups is 1. The largest absolute Gasteiger partial charge is 0.481 e. The van der Waals surface area contributed by atoms with Crippen LogP contribution in [0, 0.1) is 23.0 Å². The van der Waals surface area contributed by atoms with Gasteiger partial charge in [0.1, 0.15) is 0 Å². The molecule has 2 atom stereocenters. The minimum Gasteiger partial charge on any atom is -0.481 e. The Morgan fingerprint density at radius 3 is 2.75 bits per heavy atom. The SMILES string of the molecule is Cc1cccc([C@@H]2C[C@H]2C(=O)O)c1[N+](=O)[O-]. The number of benzene rings is 1. The molecule has 84 valence electrons. The third kappa shape index (κ3) is 1.64. The summed E-state index contributed by atoms with van der Waals surface area (Å²) in [5.74, 6) is -1.53. The van der Waals surface area contributed by atoms with E-state index in [9.17, 15) is 14.9 Å². The van der Waals surface area contributed by atoms with Crippen molar-refractivity contribution >= 4 is 11.7 Å². The number of nitro groups is 1. The second kappa shape index (κ2) is 3.59. The summed E-state index contributed by atoms with van der Waals surface area (Å²) in [6.07, 6.45) is 0.500. The molecular formula is C11H11NO4. The first-order valence-corrected chi connectivity index (χ1v) is 4.99. The predicted molar refractivity (Wildman–Crippen MR) is 56.3 cm³/mol. The fraction of sp³-hybridized carbons (Fsp3) is 0.364. The molecule has 1 aromatic carbocycles. The number of nitro benzene ring substituents is 1. The molecule has 1 saturated carbocycles. The topological polar surface area (TPSA) is 80.4 Å². The lowest BCUT2D eigenvalue weighted by Crippen LogP contribution is -2.02. The quantitative estimate of drug-likeness (QED) is 0.626. The Bertz CT molecular complexity index is 469. The molecule has 16 heavy (non-hydrogen) atoms. The number of nitrogens with zero attached hydrogens (tertiary/aromatic N) is 1. The van der Waals surface area contributed by atoms with E-state index in [2.05, 4.69) is 0 Å². The lowest BCUT2D eigenvalue weighted by molar-refractivity contribution is -0.386. The number of para-hydroxylation sites is 1. The molecule has 0 amide bonds. The van der Waals surface area contributed by atoms with Gasteiger partial charge in [0.05, 0.1) is 10.8 Å². The number of hydrogen-bond donors (Lipinski definition) is 1. The Kier molecular flexibility index (Phi) is 2.38. The molecule has 0 aromatic heterocycles. The monoisotopic (exact) mass is 221 g/mol. The van der Waals surface area contributed by atoms with Crippen molar-refractivity contribution in [2.24, 2.45) is 5.92 Å². The first-order valence-electron chi connectivity index (χ1n) is 4.99. The van der Waals surface area contributed by atoms with Crippen LogP contribution < -0.4 is 0 Å². The number of aryl methyl sites for hydroxylation is 1. The van der Waals surface area contributed by atoms with Gasteiger partial charge in [-0.3, -0.25) is 14.9 Å². The summed E-state index contributed by atoms with van der Waals surface area (Å²) < 4.78 is 0. The molecule has 0 aliphatic heterocycles. The van der Waals surface area contributed by atoms with Gasteiger partial charge >= 0.3 is 5.97 Å². The summed E-state index contributed by atoms with van der Waals surface area (Å²) in [4.78, 5) is 21.2. The lowest BCUT2D eigenvalue weighted by atomic mass is 10.0. The van der Waals surface area contributed by atoms with Crippen molar-refractivity contribution < 1.29 is 14.8 Å². The molecule has 0 saturated heterocycles. The fourth-order valence-corrected chi connectivity index (χ4v) is 2.04. The summed E-state index contributed by atoms with van der Waals surface area (Å²) >= 11 is 0. The Morgan fingerprint density at radius 1 is 1.56 bits per heavy atom. The summed E-state index contributed by atoms with van der Waals surface area (Å²) in [5.41, 5.74) is 1.20. The van der Waals surface area contributed by atoms with Crippen molar-refractivity contribution in [1.29, 1.82) is 0 Å². The van der Waals surface area contributed by atoms with E-state index >= 15 is 0 Å². The summed E-state index contributed by atoms with van der Waals surface area (Å²) in [6.45, 7) is 1.67. The van der Waals surface area contributed by atoms with Gasteiger partial charge in [0, 0.05) is 17.0 Å². The average Bonchev–Trinajstić information content (AvgIpc) is 2.95. The predicted octanol–water partition coefficient (Wildman–Crippen LogP) is 2.09. The van der Waals surface area contributed by atoms with Gasteiger partial charge < -0.3 is 5.11 Å². The van der Waals surface area contributed by atoms with Crippen molar-refractivity contribution in [3.8, 4) is 0 Å². The molecule has 1 N–H and O–H groups in total. The zero-order valence-electron chi connectivity index (χ0n) is 8.71. The van der Waals surface area contributed by atoms with Gasteiger partial charge in [-0.05, 0) is 13.3 Å². The number of aliphatic carboxylic acids is 1. The standard InChI is InChI=1S/C11H11NO4/c1-6-3-2-4-7(10(6)12(15)16)8-5-9(8)11(13)14/h2-4,8-9H,5H2,1H3,(H,13,14)/t8-,9+/m0/s1. The van der Waals surface area contributed by atoms with E-state index in [1.807, 2.05) is 0 Å². The summed E-state index contributed by atoms with van der Waals surface area (Å²) in [7, 11) is 0. The van der Waals surface area contributed by atoms with Crippen LogP contribution in [-0.4, -0.2) is 16.0 Å². The van der Waals surface area contributed by atoms with E-state index in [0.29, 0.717) is 17.5 Å².